The van der Waals surface area contributed by atoms with E-state index in [2.05, 4.69) is 27.8 Å². The Morgan fingerprint density at radius 2 is 1.96 bits per heavy atom. The van der Waals surface area contributed by atoms with E-state index in [0.717, 1.165) is 69.8 Å². The Labute approximate surface area is 174 Å². The van der Waals surface area contributed by atoms with E-state index in [9.17, 15) is 0 Å². The minimum atomic E-state index is 0.203. The molecule has 0 atom stereocenters. The Balaban J connectivity index is 1.33. The van der Waals surface area contributed by atoms with Crippen LogP contribution in [0, 0.1) is 5.92 Å². The van der Waals surface area contributed by atoms with Crippen LogP contribution >= 0.6 is 11.6 Å². The molecule has 0 aromatic heterocycles. The van der Waals surface area contributed by atoms with Crippen LogP contribution in [0.15, 0.2) is 29.3 Å². The van der Waals surface area contributed by atoms with Gasteiger partial charge in [0.1, 0.15) is 0 Å². The van der Waals surface area contributed by atoms with Gasteiger partial charge in [0, 0.05) is 57.0 Å². The second-order valence-electron chi connectivity index (χ2n) is 7.98. The molecule has 2 aliphatic rings. The Bertz CT molecular complexity index is 611. The first-order valence-electron chi connectivity index (χ1n) is 10.6. The molecule has 0 bridgehead atoms. The summed E-state index contributed by atoms with van der Waals surface area (Å²) >= 11 is 6.05. The number of nitrogens with zero attached hydrogens (tertiary/aromatic N) is 1. The molecule has 1 heterocycles. The van der Waals surface area contributed by atoms with Gasteiger partial charge in [-0.3, -0.25) is 4.99 Å². The molecule has 1 aliphatic heterocycles. The maximum Gasteiger partial charge on any atom is 0.191 e. The summed E-state index contributed by atoms with van der Waals surface area (Å²) in [5.41, 5.74) is 1.57. The number of aliphatic imine (C=N–C) groups is 1. The zero-order valence-corrected chi connectivity index (χ0v) is 17.8. The summed E-state index contributed by atoms with van der Waals surface area (Å²) in [5, 5.41) is 7.72. The number of rotatable bonds is 9. The highest BCUT2D eigenvalue weighted by Gasteiger charge is 2.38. The molecule has 1 saturated carbocycles. The third kappa shape index (κ3) is 6.10. The van der Waals surface area contributed by atoms with Crippen molar-refractivity contribution in [3.63, 3.8) is 0 Å². The third-order valence-electron chi connectivity index (χ3n) is 6.04. The van der Waals surface area contributed by atoms with Crippen LogP contribution in [0.3, 0.4) is 0 Å². The van der Waals surface area contributed by atoms with Gasteiger partial charge in [0.05, 0.1) is 0 Å². The van der Waals surface area contributed by atoms with Gasteiger partial charge >= 0.3 is 0 Å². The summed E-state index contributed by atoms with van der Waals surface area (Å²) in [5.74, 6) is 1.53. The molecule has 2 fully saturated rings. The van der Waals surface area contributed by atoms with Crippen molar-refractivity contribution in [3.05, 3.63) is 34.9 Å². The minimum Gasteiger partial charge on any atom is -0.381 e. The number of guanidine groups is 1. The monoisotopic (exact) mass is 407 g/mol. The number of nitrogens with one attached hydrogen (secondary N) is 2. The fraction of sp³-hybridized carbons (Fsp3) is 0.682. The van der Waals surface area contributed by atoms with Crippen LogP contribution in [-0.2, 0) is 14.9 Å². The molecule has 156 valence electrons. The smallest absolute Gasteiger partial charge is 0.191 e. The van der Waals surface area contributed by atoms with Crippen molar-refractivity contribution in [3.8, 4) is 0 Å². The van der Waals surface area contributed by atoms with E-state index in [1.54, 1.807) is 0 Å². The normalized spacial score (nSPS) is 19.9. The number of halogens is 1. The molecule has 1 aromatic carbocycles. The molecule has 1 aromatic rings. The molecule has 3 rings (SSSR count). The van der Waals surface area contributed by atoms with Crippen LogP contribution < -0.4 is 10.6 Å². The van der Waals surface area contributed by atoms with Crippen molar-refractivity contribution in [1.82, 2.24) is 10.6 Å². The van der Waals surface area contributed by atoms with E-state index in [1.165, 1.54) is 24.8 Å². The molecule has 0 spiro atoms. The standard InChI is InChI=1S/C22H34ClN3O2/c1-24-21(25-12-3-13-28-16-18-8-14-27-15-9-18)26-17-22(10-2-11-22)19-4-6-20(23)7-5-19/h4-7,18H,2-3,8-17H2,1H3,(H2,24,25,26). The molecule has 28 heavy (non-hydrogen) atoms. The Morgan fingerprint density at radius 3 is 2.61 bits per heavy atom. The van der Waals surface area contributed by atoms with Crippen LogP contribution in [0.4, 0.5) is 0 Å². The summed E-state index contributed by atoms with van der Waals surface area (Å²) in [7, 11) is 1.83. The summed E-state index contributed by atoms with van der Waals surface area (Å²) in [6.45, 7) is 5.18. The maximum atomic E-state index is 6.05. The zero-order chi connectivity index (χ0) is 19.7. The van der Waals surface area contributed by atoms with Gasteiger partial charge in [-0.2, -0.15) is 0 Å². The van der Waals surface area contributed by atoms with Crippen molar-refractivity contribution in [2.75, 3.05) is 46.6 Å². The molecule has 0 unspecified atom stereocenters. The van der Waals surface area contributed by atoms with E-state index in [0.29, 0.717) is 5.92 Å². The third-order valence-corrected chi connectivity index (χ3v) is 6.29. The molecule has 6 heteroatoms. The lowest BCUT2D eigenvalue weighted by Crippen LogP contribution is -2.49. The maximum absolute atomic E-state index is 6.05. The van der Waals surface area contributed by atoms with E-state index in [1.807, 2.05) is 19.2 Å². The molecular formula is C22H34ClN3O2. The van der Waals surface area contributed by atoms with Crippen LogP contribution in [0.2, 0.25) is 5.02 Å². The molecule has 0 amide bonds. The lowest BCUT2D eigenvalue weighted by molar-refractivity contribution is 0.0203. The molecule has 2 N–H and O–H groups in total. The van der Waals surface area contributed by atoms with Crippen molar-refractivity contribution in [2.24, 2.45) is 10.9 Å². The lowest BCUT2D eigenvalue weighted by Gasteiger charge is -2.43. The lowest BCUT2D eigenvalue weighted by atomic mass is 9.64. The van der Waals surface area contributed by atoms with Crippen molar-refractivity contribution in [2.45, 2.75) is 43.9 Å². The van der Waals surface area contributed by atoms with Gasteiger partial charge in [-0.25, -0.2) is 0 Å². The average Bonchev–Trinajstić information content (AvgIpc) is 2.70. The average molecular weight is 408 g/mol. The van der Waals surface area contributed by atoms with E-state index >= 15 is 0 Å². The quantitative estimate of drug-likeness (QED) is 0.372. The topological polar surface area (TPSA) is 54.9 Å². The van der Waals surface area contributed by atoms with Crippen LogP contribution in [0.1, 0.15) is 44.1 Å². The van der Waals surface area contributed by atoms with Gasteiger partial charge in [0.15, 0.2) is 5.96 Å². The highest BCUT2D eigenvalue weighted by molar-refractivity contribution is 6.30. The highest BCUT2D eigenvalue weighted by atomic mass is 35.5. The minimum absolute atomic E-state index is 0.203. The second-order valence-corrected chi connectivity index (χ2v) is 8.41. The van der Waals surface area contributed by atoms with Crippen molar-refractivity contribution >= 4 is 17.6 Å². The van der Waals surface area contributed by atoms with E-state index in [-0.39, 0.29) is 5.41 Å². The van der Waals surface area contributed by atoms with Gasteiger partial charge in [-0.15, -0.1) is 0 Å². The van der Waals surface area contributed by atoms with E-state index < -0.39 is 0 Å². The molecule has 1 saturated heterocycles. The molecule has 5 nitrogen and oxygen atoms in total. The van der Waals surface area contributed by atoms with Gasteiger partial charge < -0.3 is 20.1 Å². The largest absolute Gasteiger partial charge is 0.381 e. The summed E-state index contributed by atoms with van der Waals surface area (Å²) in [6, 6.07) is 8.30. The summed E-state index contributed by atoms with van der Waals surface area (Å²) in [6.07, 6.45) is 6.93. The molecule has 1 aliphatic carbocycles. The number of ether oxygens (including phenoxy) is 2. The van der Waals surface area contributed by atoms with Gasteiger partial charge in [0.2, 0.25) is 0 Å². The van der Waals surface area contributed by atoms with Crippen molar-refractivity contribution < 1.29 is 9.47 Å². The Morgan fingerprint density at radius 1 is 1.21 bits per heavy atom. The van der Waals surface area contributed by atoms with Gasteiger partial charge in [-0.05, 0) is 55.7 Å². The first-order chi connectivity index (χ1) is 13.7. The molecule has 0 radical (unpaired) electrons. The SMILES string of the molecule is CN=C(NCCCOCC1CCOCC1)NCC1(c2ccc(Cl)cc2)CCC1. The van der Waals surface area contributed by atoms with Crippen LogP contribution in [-0.4, -0.2) is 52.5 Å². The Kier molecular flexibility index (Phi) is 8.44. The van der Waals surface area contributed by atoms with E-state index in [4.69, 9.17) is 21.1 Å². The predicted molar refractivity (Wildman–Crippen MR) is 115 cm³/mol. The van der Waals surface area contributed by atoms with Crippen molar-refractivity contribution in [1.29, 1.82) is 0 Å². The first-order valence-corrected chi connectivity index (χ1v) is 11.0. The molecular weight excluding hydrogens is 374 g/mol. The predicted octanol–water partition coefficient (Wildman–Crippen LogP) is 3.76. The van der Waals surface area contributed by atoms with Gasteiger partial charge in [0.25, 0.3) is 0 Å². The van der Waals surface area contributed by atoms with Gasteiger partial charge in [-0.1, -0.05) is 30.2 Å². The van der Waals surface area contributed by atoms with Crippen LogP contribution in [0.25, 0.3) is 0 Å². The fourth-order valence-electron chi connectivity index (χ4n) is 3.99. The highest BCUT2D eigenvalue weighted by Crippen LogP contribution is 2.43. The number of hydrogen-bond acceptors (Lipinski definition) is 3. The first kappa shape index (κ1) is 21.4. The summed E-state index contributed by atoms with van der Waals surface area (Å²) < 4.78 is 11.2. The van der Waals surface area contributed by atoms with Crippen LogP contribution in [0.5, 0.6) is 0 Å². The summed E-state index contributed by atoms with van der Waals surface area (Å²) in [4.78, 5) is 4.37. The number of benzene rings is 1. The fourth-order valence-corrected chi connectivity index (χ4v) is 4.12. The zero-order valence-electron chi connectivity index (χ0n) is 17.0. The second kappa shape index (κ2) is 11.0. The Hall–Kier alpha value is -1.30. The number of hydrogen-bond donors (Lipinski definition) is 2.